The number of esters is 1. The zero-order valence-electron chi connectivity index (χ0n) is 16.7. The number of benzene rings is 2. The van der Waals surface area contributed by atoms with Gasteiger partial charge in [0.25, 0.3) is 0 Å². The third-order valence-corrected chi connectivity index (χ3v) is 5.23. The molecule has 0 atom stereocenters. The van der Waals surface area contributed by atoms with E-state index in [0.29, 0.717) is 16.4 Å². The number of hydrogen-bond acceptors (Lipinski definition) is 6. The summed E-state index contributed by atoms with van der Waals surface area (Å²) >= 11 is 1.32. The predicted octanol–water partition coefficient (Wildman–Crippen LogP) is 4.82. The lowest BCUT2D eigenvalue weighted by Crippen LogP contribution is -2.24. The van der Waals surface area contributed by atoms with Crippen LogP contribution in [0, 0.1) is 20.8 Å². The second-order valence-electron chi connectivity index (χ2n) is 6.85. The molecular weight excluding hydrogens is 388 g/mol. The van der Waals surface area contributed by atoms with Crippen molar-refractivity contribution < 1.29 is 19.4 Å². The SMILES string of the molecule is CC(=O)N(c1nc(COC(=O)c2ccc(O)cc2)cs1)c1c(C)cc(C)cc1C. The number of phenolic OH excluding ortho intramolecular Hbond substituents is 1. The van der Waals surface area contributed by atoms with Gasteiger partial charge in [0.2, 0.25) is 5.91 Å². The quantitative estimate of drug-likeness (QED) is 0.610. The number of aryl methyl sites for hydroxylation is 3. The Bertz CT molecular complexity index is 1030. The van der Waals surface area contributed by atoms with E-state index in [4.69, 9.17) is 4.74 Å². The molecule has 3 rings (SSSR count). The highest BCUT2D eigenvalue weighted by molar-refractivity contribution is 7.14. The van der Waals surface area contributed by atoms with Crippen molar-refractivity contribution in [1.82, 2.24) is 4.98 Å². The Kier molecular flexibility index (Phi) is 5.98. The van der Waals surface area contributed by atoms with Crippen molar-refractivity contribution in [2.45, 2.75) is 34.3 Å². The van der Waals surface area contributed by atoms with Crippen molar-refractivity contribution in [3.8, 4) is 5.75 Å². The first-order valence-electron chi connectivity index (χ1n) is 9.05. The van der Waals surface area contributed by atoms with Crippen molar-refractivity contribution >= 4 is 34.0 Å². The summed E-state index contributed by atoms with van der Waals surface area (Å²) in [7, 11) is 0. The van der Waals surface area contributed by atoms with Crippen molar-refractivity contribution in [2.75, 3.05) is 4.90 Å². The molecule has 0 radical (unpaired) electrons. The zero-order chi connectivity index (χ0) is 21.1. The van der Waals surface area contributed by atoms with Crippen LogP contribution in [0.5, 0.6) is 5.75 Å². The molecule has 0 saturated carbocycles. The molecule has 0 bridgehead atoms. The molecule has 0 aliphatic rings. The molecule has 1 amide bonds. The van der Waals surface area contributed by atoms with E-state index in [0.717, 1.165) is 22.4 Å². The molecule has 0 aliphatic carbocycles. The number of rotatable bonds is 5. The highest BCUT2D eigenvalue weighted by Crippen LogP contribution is 2.34. The number of aromatic hydroxyl groups is 1. The number of phenols is 1. The second kappa shape index (κ2) is 8.45. The van der Waals surface area contributed by atoms with E-state index in [1.165, 1.54) is 42.5 Å². The smallest absolute Gasteiger partial charge is 0.338 e. The maximum Gasteiger partial charge on any atom is 0.338 e. The summed E-state index contributed by atoms with van der Waals surface area (Å²) in [6.07, 6.45) is 0. The van der Waals surface area contributed by atoms with Crippen molar-refractivity contribution in [3.63, 3.8) is 0 Å². The first-order chi connectivity index (χ1) is 13.8. The molecule has 1 N–H and O–H groups in total. The molecule has 2 aromatic carbocycles. The van der Waals surface area contributed by atoms with Gasteiger partial charge in [-0.25, -0.2) is 9.78 Å². The van der Waals surface area contributed by atoms with Crippen LogP contribution in [0.2, 0.25) is 0 Å². The first-order valence-corrected chi connectivity index (χ1v) is 9.93. The number of aromatic nitrogens is 1. The molecule has 7 heteroatoms. The minimum absolute atomic E-state index is 0.00613. The third kappa shape index (κ3) is 4.63. The highest BCUT2D eigenvalue weighted by atomic mass is 32.1. The molecular formula is C22H22N2O4S. The number of anilines is 2. The molecule has 1 heterocycles. The lowest BCUT2D eigenvalue weighted by atomic mass is 10.0. The van der Waals surface area contributed by atoms with Gasteiger partial charge in [-0.15, -0.1) is 11.3 Å². The van der Waals surface area contributed by atoms with Crippen LogP contribution in [0.4, 0.5) is 10.8 Å². The van der Waals surface area contributed by atoms with Gasteiger partial charge in [-0.05, 0) is 56.2 Å². The average Bonchev–Trinajstić information content (AvgIpc) is 3.11. The summed E-state index contributed by atoms with van der Waals surface area (Å²) in [5.74, 6) is -0.563. The van der Waals surface area contributed by atoms with Crippen LogP contribution < -0.4 is 4.90 Å². The maximum absolute atomic E-state index is 12.4. The summed E-state index contributed by atoms with van der Waals surface area (Å²) < 4.78 is 5.30. The van der Waals surface area contributed by atoms with Gasteiger partial charge in [0.05, 0.1) is 16.9 Å². The fraction of sp³-hybridized carbons (Fsp3) is 0.227. The number of thiazole rings is 1. The summed E-state index contributed by atoms with van der Waals surface area (Å²) in [5, 5.41) is 11.6. The van der Waals surface area contributed by atoms with Crippen molar-refractivity contribution in [1.29, 1.82) is 0 Å². The van der Waals surface area contributed by atoms with Crippen LogP contribution >= 0.6 is 11.3 Å². The lowest BCUT2D eigenvalue weighted by molar-refractivity contribution is -0.115. The zero-order valence-corrected chi connectivity index (χ0v) is 17.5. The van der Waals surface area contributed by atoms with E-state index in [2.05, 4.69) is 4.98 Å². The normalized spacial score (nSPS) is 10.6. The molecule has 29 heavy (non-hydrogen) atoms. The Balaban J connectivity index is 1.79. The van der Waals surface area contributed by atoms with Gasteiger partial charge in [-0.3, -0.25) is 9.69 Å². The Morgan fingerprint density at radius 2 is 1.72 bits per heavy atom. The Morgan fingerprint density at radius 1 is 1.10 bits per heavy atom. The Morgan fingerprint density at radius 3 is 2.31 bits per heavy atom. The molecule has 150 valence electrons. The number of ether oxygens (including phenoxy) is 1. The molecule has 1 aromatic heterocycles. The van der Waals surface area contributed by atoms with E-state index >= 15 is 0 Å². The van der Waals surface area contributed by atoms with E-state index in [1.807, 2.05) is 32.9 Å². The minimum atomic E-state index is -0.506. The van der Waals surface area contributed by atoms with Crippen LogP contribution in [0.3, 0.4) is 0 Å². The topological polar surface area (TPSA) is 79.7 Å². The van der Waals surface area contributed by atoms with Crippen LogP contribution in [-0.2, 0) is 16.1 Å². The van der Waals surface area contributed by atoms with E-state index < -0.39 is 5.97 Å². The van der Waals surface area contributed by atoms with Gasteiger partial charge in [0, 0.05) is 12.3 Å². The number of carbonyl (C=O) groups excluding carboxylic acids is 2. The molecule has 3 aromatic rings. The fourth-order valence-electron chi connectivity index (χ4n) is 3.20. The Hall–Kier alpha value is -3.19. The Labute approximate surface area is 173 Å². The van der Waals surface area contributed by atoms with Crippen molar-refractivity contribution in [3.05, 3.63) is 69.7 Å². The summed E-state index contributed by atoms with van der Waals surface area (Å²) in [5.41, 5.74) is 4.85. The first kappa shape index (κ1) is 20.5. The van der Waals surface area contributed by atoms with Gasteiger partial charge < -0.3 is 9.84 Å². The molecule has 6 nitrogen and oxygen atoms in total. The number of carbonyl (C=O) groups is 2. The summed E-state index contributed by atoms with van der Waals surface area (Å²) in [4.78, 5) is 30.6. The van der Waals surface area contributed by atoms with E-state index in [9.17, 15) is 14.7 Å². The van der Waals surface area contributed by atoms with Gasteiger partial charge in [0.15, 0.2) is 5.13 Å². The number of nitrogens with zero attached hydrogens (tertiary/aromatic N) is 2. The van der Waals surface area contributed by atoms with Crippen LogP contribution in [0.15, 0.2) is 41.8 Å². The van der Waals surface area contributed by atoms with Crippen LogP contribution in [0.25, 0.3) is 0 Å². The molecule has 0 saturated heterocycles. The van der Waals surface area contributed by atoms with Gasteiger partial charge in [-0.1, -0.05) is 17.7 Å². The highest BCUT2D eigenvalue weighted by Gasteiger charge is 2.22. The second-order valence-corrected chi connectivity index (χ2v) is 7.68. The standard InChI is InChI=1S/C22H22N2O4S/c1-13-9-14(2)20(15(3)10-13)24(16(4)25)22-23-18(12-29-22)11-28-21(27)17-5-7-19(26)8-6-17/h5-10,12,26H,11H2,1-4H3. The van der Waals surface area contributed by atoms with Gasteiger partial charge >= 0.3 is 5.97 Å². The predicted molar refractivity (Wildman–Crippen MR) is 113 cm³/mol. The number of amides is 1. The summed E-state index contributed by atoms with van der Waals surface area (Å²) in [6, 6.07) is 9.90. The van der Waals surface area contributed by atoms with E-state index in [1.54, 1.807) is 10.3 Å². The minimum Gasteiger partial charge on any atom is -0.508 e. The fourth-order valence-corrected chi connectivity index (χ4v) is 4.06. The monoisotopic (exact) mass is 410 g/mol. The molecule has 0 aliphatic heterocycles. The van der Waals surface area contributed by atoms with Crippen LogP contribution in [0.1, 0.15) is 39.7 Å². The molecule has 0 unspecified atom stereocenters. The van der Waals surface area contributed by atoms with Crippen molar-refractivity contribution in [2.24, 2.45) is 0 Å². The average molecular weight is 410 g/mol. The van der Waals surface area contributed by atoms with Crippen LogP contribution in [-0.4, -0.2) is 22.0 Å². The lowest BCUT2D eigenvalue weighted by Gasteiger charge is -2.23. The number of hydrogen-bond donors (Lipinski definition) is 1. The molecule has 0 fully saturated rings. The van der Waals surface area contributed by atoms with Gasteiger partial charge in [-0.2, -0.15) is 0 Å². The molecule has 0 spiro atoms. The summed E-state index contributed by atoms with van der Waals surface area (Å²) in [6.45, 7) is 7.46. The third-order valence-electron chi connectivity index (χ3n) is 4.36. The maximum atomic E-state index is 12.4. The van der Waals surface area contributed by atoms with E-state index in [-0.39, 0.29) is 18.3 Å². The van der Waals surface area contributed by atoms with Gasteiger partial charge in [0.1, 0.15) is 12.4 Å². The largest absolute Gasteiger partial charge is 0.508 e.